The van der Waals surface area contributed by atoms with E-state index < -0.39 is 0 Å². The van der Waals surface area contributed by atoms with Crippen molar-refractivity contribution in [2.75, 3.05) is 7.05 Å². The minimum atomic E-state index is 0. The Balaban J connectivity index is 0.00000261. The SMILES string of the molecule is Cc1ccc2nc(-c3ccc(Cl)cc3)c(CN(C)C(=O)CC(C)C)n2c1.Cl. The zero-order valence-electron chi connectivity index (χ0n) is 16.1. The van der Waals surface area contributed by atoms with Crippen molar-refractivity contribution < 1.29 is 4.79 Å². The Bertz CT molecular complexity index is 932. The van der Waals surface area contributed by atoms with Crippen molar-refractivity contribution in [3.63, 3.8) is 0 Å². The molecule has 0 radical (unpaired) electrons. The molecule has 0 aliphatic rings. The first kappa shape index (κ1) is 21.3. The van der Waals surface area contributed by atoms with Crippen molar-refractivity contribution in [1.82, 2.24) is 14.3 Å². The molecule has 27 heavy (non-hydrogen) atoms. The highest BCUT2D eigenvalue weighted by Crippen LogP contribution is 2.27. The fraction of sp³-hybridized carbons (Fsp3) is 0.333. The van der Waals surface area contributed by atoms with Gasteiger partial charge in [-0.1, -0.05) is 43.6 Å². The van der Waals surface area contributed by atoms with Gasteiger partial charge in [0.15, 0.2) is 0 Å². The summed E-state index contributed by atoms with van der Waals surface area (Å²) in [4.78, 5) is 19.0. The zero-order valence-corrected chi connectivity index (χ0v) is 17.6. The predicted molar refractivity (Wildman–Crippen MR) is 114 cm³/mol. The van der Waals surface area contributed by atoms with Crippen molar-refractivity contribution in [3.8, 4) is 11.3 Å². The van der Waals surface area contributed by atoms with E-state index in [2.05, 4.69) is 31.4 Å². The second-order valence-electron chi connectivity index (χ2n) is 7.20. The van der Waals surface area contributed by atoms with Gasteiger partial charge in [0.1, 0.15) is 5.65 Å². The highest BCUT2D eigenvalue weighted by atomic mass is 35.5. The summed E-state index contributed by atoms with van der Waals surface area (Å²) in [6, 6.07) is 11.7. The lowest BCUT2D eigenvalue weighted by molar-refractivity contribution is -0.131. The Morgan fingerprint density at radius 1 is 1.19 bits per heavy atom. The highest BCUT2D eigenvalue weighted by Gasteiger charge is 2.19. The summed E-state index contributed by atoms with van der Waals surface area (Å²) >= 11 is 6.03. The molecule has 1 amide bonds. The van der Waals surface area contributed by atoms with Gasteiger partial charge in [0, 0.05) is 30.3 Å². The van der Waals surface area contributed by atoms with Crippen LogP contribution in [-0.4, -0.2) is 27.2 Å². The molecular weight excluding hydrogens is 381 g/mol. The van der Waals surface area contributed by atoms with Gasteiger partial charge in [-0.25, -0.2) is 4.98 Å². The molecule has 3 aromatic rings. The summed E-state index contributed by atoms with van der Waals surface area (Å²) in [5.41, 5.74) is 4.91. The molecule has 4 nitrogen and oxygen atoms in total. The van der Waals surface area contributed by atoms with Crippen LogP contribution in [0.2, 0.25) is 5.02 Å². The number of hydrogen-bond acceptors (Lipinski definition) is 2. The van der Waals surface area contributed by atoms with Crippen molar-refractivity contribution in [2.24, 2.45) is 5.92 Å². The van der Waals surface area contributed by atoms with E-state index in [1.54, 1.807) is 4.90 Å². The van der Waals surface area contributed by atoms with E-state index in [0.717, 1.165) is 28.2 Å². The highest BCUT2D eigenvalue weighted by molar-refractivity contribution is 6.30. The zero-order chi connectivity index (χ0) is 18.8. The third-order valence-corrected chi connectivity index (χ3v) is 4.63. The summed E-state index contributed by atoms with van der Waals surface area (Å²) in [7, 11) is 1.85. The van der Waals surface area contributed by atoms with Crippen LogP contribution in [0.25, 0.3) is 16.9 Å². The number of aromatic nitrogens is 2. The number of pyridine rings is 1. The molecule has 0 spiro atoms. The molecule has 0 aliphatic heterocycles. The van der Waals surface area contributed by atoms with Gasteiger partial charge < -0.3 is 9.30 Å². The molecule has 0 bridgehead atoms. The number of rotatable bonds is 5. The Kier molecular flexibility index (Phi) is 6.90. The van der Waals surface area contributed by atoms with Gasteiger partial charge in [-0.15, -0.1) is 12.4 Å². The molecule has 2 aromatic heterocycles. The van der Waals surface area contributed by atoms with E-state index in [1.165, 1.54) is 0 Å². The number of carbonyl (C=O) groups excluding carboxylic acids is 1. The minimum absolute atomic E-state index is 0. The number of aryl methyl sites for hydroxylation is 1. The van der Waals surface area contributed by atoms with E-state index in [0.29, 0.717) is 23.9 Å². The number of fused-ring (bicyclic) bond motifs is 1. The Morgan fingerprint density at radius 2 is 1.85 bits per heavy atom. The van der Waals surface area contributed by atoms with E-state index in [4.69, 9.17) is 16.6 Å². The molecule has 144 valence electrons. The van der Waals surface area contributed by atoms with Gasteiger partial charge in [0.2, 0.25) is 5.91 Å². The van der Waals surface area contributed by atoms with Gasteiger partial charge in [0.05, 0.1) is 17.9 Å². The lowest BCUT2D eigenvalue weighted by Gasteiger charge is -2.19. The predicted octanol–water partition coefficient (Wildman–Crippen LogP) is 5.39. The molecular formula is C21H25Cl2N3O. The van der Waals surface area contributed by atoms with Crippen LogP contribution in [0.3, 0.4) is 0 Å². The number of hydrogen-bond donors (Lipinski definition) is 0. The van der Waals surface area contributed by atoms with Crippen molar-refractivity contribution in [1.29, 1.82) is 0 Å². The molecule has 0 unspecified atom stereocenters. The third kappa shape index (κ3) is 4.82. The Hall–Kier alpha value is -2.04. The fourth-order valence-corrected chi connectivity index (χ4v) is 3.13. The first-order valence-electron chi connectivity index (χ1n) is 8.82. The molecule has 0 N–H and O–H groups in total. The van der Waals surface area contributed by atoms with Crippen molar-refractivity contribution in [2.45, 2.75) is 33.7 Å². The second-order valence-corrected chi connectivity index (χ2v) is 7.63. The molecule has 6 heteroatoms. The van der Waals surface area contributed by atoms with Gasteiger partial charge in [-0.05, 0) is 36.6 Å². The smallest absolute Gasteiger partial charge is 0.222 e. The number of amides is 1. The minimum Gasteiger partial charge on any atom is -0.340 e. The molecule has 0 fully saturated rings. The summed E-state index contributed by atoms with van der Waals surface area (Å²) in [5.74, 6) is 0.481. The topological polar surface area (TPSA) is 37.6 Å². The van der Waals surface area contributed by atoms with Crippen LogP contribution < -0.4 is 0 Å². The average molecular weight is 406 g/mol. The van der Waals surface area contributed by atoms with Crippen LogP contribution in [0.1, 0.15) is 31.5 Å². The third-order valence-electron chi connectivity index (χ3n) is 4.38. The van der Waals surface area contributed by atoms with E-state index in [-0.39, 0.29) is 18.3 Å². The molecule has 0 aliphatic carbocycles. The first-order valence-corrected chi connectivity index (χ1v) is 9.20. The maximum Gasteiger partial charge on any atom is 0.222 e. The van der Waals surface area contributed by atoms with E-state index >= 15 is 0 Å². The van der Waals surface area contributed by atoms with Gasteiger partial charge in [0.25, 0.3) is 0 Å². The van der Waals surface area contributed by atoms with Gasteiger partial charge in [-0.2, -0.15) is 0 Å². The van der Waals surface area contributed by atoms with Crippen molar-refractivity contribution in [3.05, 3.63) is 58.9 Å². The summed E-state index contributed by atoms with van der Waals surface area (Å²) in [6.07, 6.45) is 2.61. The normalized spacial score (nSPS) is 10.9. The number of benzene rings is 1. The van der Waals surface area contributed by atoms with Gasteiger partial charge >= 0.3 is 0 Å². The maximum atomic E-state index is 12.5. The Morgan fingerprint density at radius 3 is 2.48 bits per heavy atom. The number of imidazole rings is 1. The summed E-state index contributed by atoms with van der Waals surface area (Å²) in [5, 5.41) is 0.694. The number of carbonyl (C=O) groups is 1. The standard InChI is InChI=1S/C21H24ClN3O.ClH/c1-14(2)11-20(26)24(4)13-18-21(16-6-8-17(22)9-7-16)23-19-10-5-15(3)12-25(18)19;/h5-10,12,14H,11,13H2,1-4H3;1H. The van der Waals surface area contributed by atoms with Crippen LogP contribution in [0.4, 0.5) is 0 Å². The molecule has 0 saturated heterocycles. The summed E-state index contributed by atoms with van der Waals surface area (Å²) < 4.78 is 2.08. The van der Waals surface area contributed by atoms with E-state index in [9.17, 15) is 4.79 Å². The summed E-state index contributed by atoms with van der Waals surface area (Å²) in [6.45, 7) is 6.68. The number of halogens is 2. The molecule has 3 rings (SSSR count). The van der Waals surface area contributed by atoms with Gasteiger partial charge in [-0.3, -0.25) is 4.79 Å². The van der Waals surface area contributed by atoms with Crippen LogP contribution in [0.15, 0.2) is 42.6 Å². The monoisotopic (exact) mass is 405 g/mol. The van der Waals surface area contributed by atoms with Crippen LogP contribution in [0, 0.1) is 12.8 Å². The Labute approximate surface area is 171 Å². The van der Waals surface area contributed by atoms with Crippen LogP contribution in [-0.2, 0) is 11.3 Å². The lowest BCUT2D eigenvalue weighted by atomic mass is 10.1. The quantitative estimate of drug-likeness (QED) is 0.570. The molecule has 2 heterocycles. The molecule has 1 aromatic carbocycles. The van der Waals surface area contributed by atoms with Crippen molar-refractivity contribution >= 4 is 35.6 Å². The lowest BCUT2D eigenvalue weighted by Crippen LogP contribution is -2.28. The second kappa shape index (κ2) is 8.77. The average Bonchev–Trinajstić information content (AvgIpc) is 2.93. The molecule has 0 saturated carbocycles. The maximum absolute atomic E-state index is 12.5. The van der Waals surface area contributed by atoms with Crippen LogP contribution in [0.5, 0.6) is 0 Å². The largest absolute Gasteiger partial charge is 0.340 e. The molecule has 0 atom stereocenters. The van der Waals surface area contributed by atoms with E-state index in [1.807, 2.05) is 43.4 Å². The number of nitrogens with zero attached hydrogens (tertiary/aromatic N) is 3. The fourth-order valence-electron chi connectivity index (χ4n) is 3.01. The van der Waals surface area contributed by atoms with Crippen LogP contribution >= 0.6 is 24.0 Å². The first-order chi connectivity index (χ1) is 12.3.